The minimum Gasteiger partial charge on any atom is -0.490 e. The minimum absolute atomic E-state index is 0.0288. The first kappa shape index (κ1) is 16.7. The summed E-state index contributed by atoms with van der Waals surface area (Å²) in [5.41, 5.74) is 4.24. The topological polar surface area (TPSA) is 64.1 Å². The van der Waals surface area contributed by atoms with Gasteiger partial charge in [0.15, 0.2) is 5.13 Å². The van der Waals surface area contributed by atoms with E-state index in [1.165, 1.54) is 16.9 Å². The van der Waals surface area contributed by atoms with E-state index in [4.69, 9.17) is 4.74 Å². The summed E-state index contributed by atoms with van der Waals surface area (Å²) < 4.78 is 5.74. The van der Waals surface area contributed by atoms with Gasteiger partial charge in [-0.2, -0.15) is 0 Å². The first-order chi connectivity index (χ1) is 12.7. The number of nitrogens with zero attached hydrogens (tertiary/aromatic N) is 2. The largest absolute Gasteiger partial charge is 0.490 e. The number of nitrogens with one attached hydrogen (secondary N) is 1. The van der Waals surface area contributed by atoms with E-state index in [-0.39, 0.29) is 12.0 Å². The van der Waals surface area contributed by atoms with Gasteiger partial charge in [-0.25, -0.2) is 4.98 Å². The van der Waals surface area contributed by atoms with E-state index < -0.39 is 0 Å². The van der Waals surface area contributed by atoms with Gasteiger partial charge in [0.05, 0.1) is 5.69 Å². The van der Waals surface area contributed by atoms with Crippen LogP contribution in [0.2, 0.25) is 0 Å². The Hall–Kier alpha value is -2.73. The number of amides is 1. The van der Waals surface area contributed by atoms with Crippen molar-refractivity contribution in [2.45, 2.75) is 32.3 Å². The molecule has 1 aliphatic heterocycles. The van der Waals surface area contributed by atoms with Crippen molar-refractivity contribution in [3.63, 3.8) is 0 Å². The van der Waals surface area contributed by atoms with E-state index in [9.17, 15) is 4.79 Å². The molecule has 1 N–H and O–H groups in total. The van der Waals surface area contributed by atoms with Crippen LogP contribution in [0.25, 0.3) is 11.3 Å². The number of hydrogen-bond acceptors (Lipinski definition) is 5. The molecule has 0 fully saturated rings. The Balaban J connectivity index is 1.39. The van der Waals surface area contributed by atoms with Gasteiger partial charge in [0, 0.05) is 36.2 Å². The fourth-order valence-electron chi connectivity index (χ4n) is 3.03. The zero-order valence-corrected chi connectivity index (χ0v) is 15.3. The van der Waals surface area contributed by atoms with Crippen LogP contribution in [-0.4, -0.2) is 22.0 Å². The maximum atomic E-state index is 12.1. The molecule has 6 heteroatoms. The third-order valence-electron chi connectivity index (χ3n) is 4.33. The van der Waals surface area contributed by atoms with Gasteiger partial charge in [-0.1, -0.05) is 0 Å². The molecular weight excluding hydrogens is 346 g/mol. The number of thiazole rings is 1. The Bertz CT molecular complexity index is 924. The molecule has 0 saturated heterocycles. The van der Waals surface area contributed by atoms with Crippen molar-refractivity contribution in [1.82, 2.24) is 9.97 Å². The van der Waals surface area contributed by atoms with Crippen LogP contribution in [0.15, 0.2) is 48.1 Å². The molecule has 3 heterocycles. The summed E-state index contributed by atoms with van der Waals surface area (Å²) in [5, 5.41) is 5.49. The molecule has 2 aromatic heterocycles. The van der Waals surface area contributed by atoms with E-state index in [0.29, 0.717) is 18.0 Å². The molecule has 0 bridgehead atoms. The van der Waals surface area contributed by atoms with E-state index >= 15 is 0 Å². The summed E-state index contributed by atoms with van der Waals surface area (Å²) in [4.78, 5) is 20.7. The highest BCUT2D eigenvalue weighted by molar-refractivity contribution is 7.14. The van der Waals surface area contributed by atoms with Crippen LogP contribution < -0.4 is 10.1 Å². The minimum atomic E-state index is -0.0288. The Morgan fingerprint density at radius 1 is 1.31 bits per heavy atom. The van der Waals surface area contributed by atoms with E-state index in [2.05, 4.69) is 28.3 Å². The molecule has 132 valence electrons. The highest BCUT2D eigenvalue weighted by atomic mass is 32.1. The average Bonchev–Trinajstić information content (AvgIpc) is 3.25. The number of benzene rings is 1. The number of anilines is 1. The first-order valence-corrected chi connectivity index (χ1v) is 9.49. The van der Waals surface area contributed by atoms with Crippen molar-refractivity contribution >= 4 is 22.4 Å². The number of ether oxygens (including phenoxy) is 1. The maximum Gasteiger partial charge on any atom is 0.226 e. The molecule has 0 saturated carbocycles. The zero-order valence-electron chi connectivity index (χ0n) is 14.4. The number of rotatable bonds is 5. The normalized spacial score (nSPS) is 15.3. The molecule has 1 atom stereocenters. The molecule has 0 aliphatic carbocycles. The van der Waals surface area contributed by atoms with Crippen molar-refractivity contribution in [3.8, 4) is 17.0 Å². The van der Waals surface area contributed by atoms with Crippen LogP contribution in [0.1, 0.15) is 24.5 Å². The Kier molecular flexibility index (Phi) is 4.67. The lowest BCUT2D eigenvalue weighted by Gasteiger charge is -2.03. The number of hydrogen-bond donors (Lipinski definition) is 1. The highest BCUT2D eigenvalue weighted by Gasteiger charge is 2.19. The molecule has 1 amide bonds. The second-order valence-electron chi connectivity index (χ2n) is 6.40. The first-order valence-electron chi connectivity index (χ1n) is 8.61. The SMILES string of the molecule is C[C@H]1Cc2cc(-c3csc(NC(=O)CCc4ccncc4)n3)ccc2O1. The van der Waals surface area contributed by atoms with Crippen molar-refractivity contribution < 1.29 is 9.53 Å². The Morgan fingerprint density at radius 3 is 3.00 bits per heavy atom. The lowest BCUT2D eigenvalue weighted by atomic mass is 10.1. The molecule has 0 spiro atoms. The fourth-order valence-corrected chi connectivity index (χ4v) is 3.77. The summed E-state index contributed by atoms with van der Waals surface area (Å²) in [6, 6.07) is 9.99. The predicted octanol–water partition coefficient (Wildman–Crippen LogP) is 4.10. The van der Waals surface area contributed by atoms with Crippen molar-refractivity contribution in [3.05, 3.63) is 59.2 Å². The molecule has 3 aromatic rings. The second kappa shape index (κ2) is 7.25. The van der Waals surface area contributed by atoms with Gasteiger partial charge in [0.2, 0.25) is 5.91 Å². The predicted molar refractivity (Wildman–Crippen MR) is 103 cm³/mol. The summed E-state index contributed by atoms with van der Waals surface area (Å²) in [6.07, 6.45) is 5.74. The van der Waals surface area contributed by atoms with Crippen LogP contribution in [0, 0.1) is 0 Å². The Labute approximate surface area is 156 Å². The van der Waals surface area contributed by atoms with Gasteiger partial charge in [0.25, 0.3) is 0 Å². The lowest BCUT2D eigenvalue weighted by Crippen LogP contribution is -2.12. The fraction of sp³-hybridized carbons (Fsp3) is 0.250. The van der Waals surface area contributed by atoms with Crippen molar-refractivity contribution in [2.24, 2.45) is 0 Å². The van der Waals surface area contributed by atoms with Gasteiger partial charge in [0.1, 0.15) is 11.9 Å². The lowest BCUT2D eigenvalue weighted by molar-refractivity contribution is -0.116. The molecule has 5 nitrogen and oxygen atoms in total. The van der Waals surface area contributed by atoms with Crippen LogP contribution in [-0.2, 0) is 17.6 Å². The molecule has 1 aromatic carbocycles. The van der Waals surface area contributed by atoms with Crippen LogP contribution >= 0.6 is 11.3 Å². The molecular formula is C20H19N3O2S. The van der Waals surface area contributed by atoms with Crippen LogP contribution in [0.3, 0.4) is 0 Å². The summed E-state index contributed by atoms with van der Waals surface area (Å²) in [6.45, 7) is 2.07. The van der Waals surface area contributed by atoms with E-state index in [1.807, 2.05) is 29.6 Å². The maximum absolute atomic E-state index is 12.1. The number of aromatic nitrogens is 2. The molecule has 4 rings (SSSR count). The second-order valence-corrected chi connectivity index (χ2v) is 7.25. The van der Waals surface area contributed by atoms with E-state index in [1.54, 1.807) is 12.4 Å². The van der Waals surface area contributed by atoms with Gasteiger partial charge in [-0.15, -0.1) is 11.3 Å². The van der Waals surface area contributed by atoms with Gasteiger partial charge in [-0.05, 0) is 54.8 Å². The number of pyridine rings is 1. The van der Waals surface area contributed by atoms with Gasteiger partial charge in [-0.3, -0.25) is 9.78 Å². The average molecular weight is 365 g/mol. The number of carbonyl (C=O) groups excluding carboxylic acids is 1. The van der Waals surface area contributed by atoms with Crippen LogP contribution in [0.4, 0.5) is 5.13 Å². The monoisotopic (exact) mass is 365 g/mol. The molecule has 0 radical (unpaired) electrons. The number of fused-ring (bicyclic) bond motifs is 1. The summed E-state index contributed by atoms with van der Waals surface area (Å²) >= 11 is 1.44. The third kappa shape index (κ3) is 3.75. The Morgan fingerprint density at radius 2 is 2.15 bits per heavy atom. The molecule has 0 unspecified atom stereocenters. The summed E-state index contributed by atoms with van der Waals surface area (Å²) in [5.74, 6) is 0.931. The van der Waals surface area contributed by atoms with Crippen LogP contribution in [0.5, 0.6) is 5.75 Å². The standard InChI is InChI=1S/C20H19N3O2S/c1-13-10-16-11-15(3-4-18(16)25-13)17-12-26-20(22-17)23-19(24)5-2-14-6-8-21-9-7-14/h3-4,6-9,11-13H,2,5,10H2,1H3,(H,22,23,24)/t13-/m0/s1. The number of carbonyl (C=O) groups is 1. The summed E-state index contributed by atoms with van der Waals surface area (Å²) in [7, 11) is 0. The van der Waals surface area contributed by atoms with Crippen molar-refractivity contribution in [2.75, 3.05) is 5.32 Å². The quantitative estimate of drug-likeness (QED) is 0.739. The highest BCUT2D eigenvalue weighted by Crippen LogP contribution is 2.33. The van der Waals surface area contributed by atoms with E-state index in [0.717, 1.165) is 29.0 Å². The third-order valence-corrected chi connectivity index (χ3v) is 5.09. The zero-order chi connectivity index (χ0) is 17.9. The van der Waals surface area contributed by atoms with Crippen molar-refractivity contribution in [1.29, 1.82) is 0 Å². The molecule has 26 heavy (non-hydrogen) atoms. The van der Waals surface area contributed by atoms with Gasteiger partial charge >= 0.3 is 0 Å². The van der Waals surface area contributed by atoms with Gasteiger partial charge < -0.3 is 10.1 Å². The number of aryl methyl sites for hydroxylation is 1. The molecule has 1 aliphatic rings. The smallest absolute Gasteiger partial charge is 0.226 e.